The number of carbonyl (C=O) groups excluding carboxylic acids is 1. The van der Waals surface area contributed by atoms with Crippen LogP contribution in [0.1, 0.15) is 42.9 Å². The summed E-state index contributed by atoms with van der Waals surface area (Å²) >= 11 is 0. The number of phenols is 1. The Labute approximate surface area is 282 Å². The molecule has 6 atom stereocenters. The molecule has 0 bridgehead atoms. The zero-order valence-corrected chi connectivity index (χ0v) is 26.4. The van der Waals surface area contributed by atoms with Gasteiger partial charge in [0.25, 0.3) is 0 Å². The molecule has 11 nitrogen and oxygen atoms in total. The van der Waals surface area contributed by atoms with E-state index in [-0.39, 0.29) is 17.4 Å². The molecule has 4 aromatic rings. The summed E-state index contributed by atoms with van der Waals surface area (Å²) in [6, 6.07) is 29.7. The normalized spacial score (nSPS) is 31.3. The van der Waals surface area contributed by atoms with Crippen LogP contribution in [-0.4, -0.2) is 73.2 Å². The van der Waals surface area contributed by atoms with Crippen LogP contribution in [0, 0.1) is 5.41 Å². The number of amides is 1. The van der Waals surface area contributed by atoms with E-state index in [1.807, 2.05) is 66.7 Å². The molecule has 1 amide bonds. The van der Waals surface area contributed by atoms with Gasteiger partial charge in [0.15, 0.2) is 6.10 Å². The number of aliphatic hydroxyl groups is 4. The number of aliphatic carboxylic acids is 1. The van der Waals surface area contributed by atoms with Crippen molar-refractivity contribution in [3.8, 4) is 22.6 Å². The van der Waals surface area contributed by atoms with Crippen molar-refractivity contribution in [1.82, 2.24) is 0 Å². The maximum Gasteiger partial charge on any atom is 0.335 e. The number of aromatic hydroxyl groups is 1. The highest BCUT2D eigenvalue weighted by atomic mass is 16.7. The largest absolute Gasteiger partial charge is 0.508 e. The van der Waals surface area contributed by atoms with Crippen molar-refractivity contribution in [2.45, 2.75) is 68.0 Å². The Morgan fingerprint density at radius 2 is 1.43 bits per heavy atom. The predicted molar refractivity (Wildman–Crippen MR) is 176 cm³/mol. The summed E-state index contributed by atoms with van der Waals surface area (Å²) in [5, 5.41) is 63.3. The summed E-state index contributed by atoms with van der Waals surface area (Å²) < 4.78 is 11.8. The van der Waals surface area contributed by atoms with E-state index in [0.717, 1.165) is 5.56 Å². The highest BCUT2D eigenvalue weighted by Crippen LogP contribution is 2.62. The molecule has 7 rings (SSSR count). The number of ether oxygens (including phenoxy) is 2. The molecular weight excluding hydrogens is 630 g/mol. The number of carboxylic acid groups (broad SMARTS) is 1. The number of aliphatic hydroxyl groups excluding tert-OH is 3. The van der Waals surface area contributed by atoms with Crippen LogP contribution in [-0.2, 0) is 19.9 Å². The molecule has 3 fully saturated rings. The lowest BCUT2D eigenvalue weighted by atomic mass is 9.56. The third-order valence-corrected chi connectivity index (χ3v) is 10.3. The average molecular weight is 668 g/mol. The molecule has 6 N–H and O–H groups in total. The van der Waals surface area contributed by atoms with Gasteiger partial charge in [0.2, 0.25) is 12.2 Å². The van der Waals surface area contributed by atoms with E-state index in [9.17, 15) is 40.2 Å². The molecule has 1 saturated carbocycles. The molecule has 4 aromatic carbocycles. The van der Waals surface area contributed by atoms with Gasteiger partial charge >= 0.3 is 5.97 Å². The highest BCUT2D eigenvalue weighted by Gasteiger charge is 2.64. The van der Waals surface area contributed by atoms with E-state index < -0.39 is 53.7 Å². The van der Waals surface area contributed by atoms with Crippen molar-refractivity contribution < 1.29 is 49.7 Å². The van der Waals surface area contributed by atoms with Crippen LogP contribution in [0.2, 0.25) is 0 Å². The standard InChI is InChI=1S/C38H37NO10/c40-26-13-7-8-22(20-26)23-14-15-27(28(21-23)48-35-31(43)29(41)30(42)32(49-35)34(44)45)33-37(36(46)39(33)25-11-5-2-6-12-25)16-18-38(47,19-17-37)24-9-3-1-4-10-24/h1-15,20-21,29-33,35,40-43,47H,16-19H2,(H,44,45)/t29?,30-,31?,32?,33+,35+,37?,38?/m0/s1. The van der Waals surface area contributed by atoms with Crippen molar-refractivity contribution in [1.29, 1.82) is 0 Å². The Morgan fingerprint density at radius 3 is 2.08 bits per heavy atom. The van der Waals surface area contributed by atoms with Gasteiger partial charge in [-0.05, 0) is 72.7 Å². The first kappa shape index (κ1) is 32.8. The Morgan fingerprint density at radius 1 is 0.776 bits per heavy atom. The molecule has 3 unspecified atom stereocenters. The number of carbonyl (C=O) groups is 2. The van der Waals surface area contributed by atoms with Gasteiger partial charge in [-0.3, -0.25) is 4.79 Å². The second kappa shape index (κ2) is 12.6. The van der Waals surface area contributed by atoms with Crippen LogP contribution in [0.15, 0.2) is 103 Å². The van der Waals surface area contributed by atoms with Crippen molar-refractivity contribution in [3.63, 3.8) is 0 Å². The number of β-lactam (4-membered cyclic amide) rings is 1. The molecule has 49 heavy (non-hydrogen) atoms. The number of carboxylic acids is 1. The second-order valence-corrected chi connectivity index (χ2v) is 13.1. The summed E-state index contributed by atoms with van der Waals surface area (Å²) in [4.78, 5) is 27.9. The van der Waals surface area contributed by atoms with Gasteiger partial charge in [0.1, 0.15) is 29.8 Å². The van der Waals surface area contributed by atoms with Crippen LogP contribution in [0.3, 0.4) is 0 Å². The van der Waals surface area contributed by atoms with E-state index >= 15 is 0 Å². The van der Waals surface area contributed by atoms with Crippen LogP contribution in [0.4, 0.5) is 5.69 Å². The van der Waals surface area contributed by atoms with E-state index in [0.29, 0.717) is 48.1 Å². The topological polar surface area (TPSA) is 177 Å². The fourth-order valence-corrected chi connectivity index (χ4v) is 7.58. The van der Waals surface area contributed by atoms with Gasteiger partial charge in [0.05, 0.1) is 17.1 Å². The van der Waals surface area contributed by atoms with E-state index in [1.54, 1.807) is 35.2 Å². The minimum atomic E-state index is -1.91. The summed E-state index contributed by atoms with van der Waals surface area (Å²) in [5.41, 5.74) is 1.13. The van der Waals surface area contributed by atoms with Gasteiger partial charge in [-0.25, -0.2) is 4.79 Å². The zero-order chi connectivity index (χ0) is 34.5. The first-order valence-corrected chi connectivity index (χ1v) is 16.2. The molecule has 2 saturated heterocycles. The lowest BCUT2D eigenvalue weighted by molar-refractivity contribution is -0.271. The Kier molecular flexibility index (Phi) is 8.42. The van der Waals surface area contributed by atoms with Crippen LogP contribution in [0.25, 0.3) is 11.1 Å². The maximum absolute atomic E-state index is 14.3. The number of hydrogen-bond acceptors (Lipinski definition) is 9. The van der Waals surface area contributed by atoms with Gasteiger partial charge in [-0.15, -0.1) is 0 Å². The average Bonchev–Trinajstić information content (AvgIpc) is 3.11. The molecule has 254 valence electrons. The number of phenolic OH excluding ortho intramolecular Hbond substituents is 1. The molecule has 1 spiro atoms. The van der Waals surface area contributed by atoms with Crippen molar-refractivity contribution in [2.75, 3.05) is 4.90 Å². The quantitative estimate of drug-likeness (QED) is 0.159. The van der Waals surface area contributed by atoms with Crippen molar-refractivity contribution in [2.24, 2.45) is 5.41 Å². The smallest absolute Gasteiger partial charge is 0.335 e. The van der Waals surface area contributed by atoms with E-state index in [1.165, 1.54) is 6.07 Å². The van der Waals surface area contributed by atoms with Crippen molar-refractivity contribution >= 4 is 17.6 Å². The van der Waals surface area contributed by atoms with Gasteiger partial charge in [0, 0.05) is 11.3 Å². The molecule has 11 heteroatoms. The Balaban J connectivity index is 1.33. The lowest BCUT2D eigenvalue weighted by Crippen LogP contribution is -2.65. The molecule has 0 radical (unpaired) electrons. The minimum Gasteiger partial charge on any atom is -0.508 e. The number of nitrogens with zero attached hydrogens (tertiary/aromatic N) is 1. The number of para-hydroxylation sites is 1. The summed E-state index contributed by atoms with van der Waals surface area (Å²) in [6.45, 7) is 0. The number of rotatable bonds is 7. The first-order chi connectivity index (χ1) is 23.5. The van der Waals surface area contributed by atoms with Gasteiger partial charge in [-0.2, -0.15) is 0 Å². The van der Waals surface area contributed by atoms with E-state index in [2.05, 4.69) is 0 Å². The Bertz CT molecular complexity index is 1840. The summed E-state index contributed by atoms with van der Waals surface area (Å²) in [5.74, 6) is -1.49. The highest BCUT2D eigenvalue weighted by molar-refractivity contribution is 6.06. The SMILES string of the molecule is O=C(O)C1O[C@@H](Oc2cc(-c3cccc(O)c3)ccc2[C@H]2N(c3ccccc3)C(=O)C23CCC(O)(c2ccccc2)CC3)C(O)C(O)[C@@H]1O. The lowest BCUT2D eigenvalue weighted by Gasteiger charge is -2.59. The summed E-state index contributed by atoms with van der Waals surface area (Å²) in [6.07, 6.45) is -7.83. The first-order valence-electron chi connectivity index (χ1n) is 16.2. The molecular formula is C38H37NO10. The maximum atomic E-state index is 14.3. The number of hydrogen-bond donors (Lipinski definition) is 6. The molecule has 2 heterocycles. The summed E-state index contributed by atoms with van der Waals surface area (Å²) in [7, 11) is 0. The molecule has 1 aliphatic carbocycles. The monoisotopic (exact) mass is 667 g/mol. The van der Waals surface area contributed by atoms with Gasteiger partial charge in [-0.1, -0.05) is 72.8 Å². The van der Waals surface area contributed by atoms with Crippen molar-refractivity contribution in [3.05, 3.63) is 114 Å². The van der Waals surface area contributed by atoms with E-state index in [4.69, 9.17) is 9.47 Å². The fraction of sp³-hybridized carbons (Fsp3) is 0.316. The number of benzene rings is 4. The Hall–Kier alpha value is -4.78. The third-order valence-electron chi connectivity index (χ3n) is 10.3. The minimum absolute atomic E-state index is 0.0309. The van der Waals surface area contributed by atoms with Crippen LogP contribution < -0.4 is 9.64 Å². The second-order valence-electron chi connectivity index (χ2n) is 13.1. The number of anilines is 1. The fourth-order valence-electron chi connectivity index (χ4n) is 7.58. The third kappa shape index (κ3) is 5.63. The predicted octanol–water partition coefficient (Wildman–Crippen LogP) is 3.87. The molecule has 2 aliphatic heterocycles. The van der Waals surface area contributed by atoms with Crippen LogP contribution >= 0.6 is 0 Å². The molecule has 0 aromatic heterocycles. The zero-order valence-electron chi connectivity index (χ0n) is 26.4. The van der Waals surface area contributed by atoms with Crippen LogP contribution in [0.5, 0.6) is 11.5 Å². The van der Waals surface area contributed by atoms with Gasteiger partial charge < -0.3 is 45.0 Å². The molecule has 3 aliphatic rings.